The second kappa shape index (κ2) is 7.30. The number of rotatable bonds is 5. The smallest absolute Gasteiger partial charge is 0.0746 e. The highest BCUT2D eigenvalue weighted by Gasteiger charge is 2.23. The zero-order valence-corrected chi connectivity index (χ0v) is 13.2. The van der Waals surface area contributed by atoms with Gasteiger partial charge in [-0.25, -0.2) is 0 Å². The molecule has 1 heterocycles. The average Bonchev–Trinajstić information content (AvgIpc) is 2.47. The normalized spacial score (nSPS) is 21.0. The van der Waals surface area contributed by atoms with E-state index in [1.165, 1.54) is 5.56 Å². The van der Waals surface area contributed by atoms with Crippen molar-refractivity contribution in [1.82, 2.24) is 0 Å². The summed E-state index contributed by atoms with van der Waals surface area (Å²) in [5, 5.41) is 0.822. The van der Waals surface area contributed by atoms with Crippen molar-refractivity contribution in [3.8, 4) is 0 Å². The quantitative estimate of drug-likeness (QED) is 0.906. The second-order valence-corrected chi connectivity index (χ2v) is 5.97. The molecule has 0 saturated carbocycles. The van der Waals surface area contributed by atoms with Gasteiger partial charge in [-0.15, -0.1) is 0 Å². The van der Waals surface area contributed by atoms with Crippen LogP contribution >= 0.6 is 11.6 Å². The van der Waals surface area contributed by atoms with Gasteiger partial charge in [-0.05, 0) is 37.3 Å². The van der Waals surface area contributed by atoms with Crippen LogP contribution in [0.4, 0.5) is 5.69 Å². The molecule has 1 aromatic rings. The first-order valence-corrected chi connectivity index (χ1v) is 7.84. The van der Waals surface area contributed by atoms with Crippen LogP contribution in [0.1, 0.15) is 31.7 Å². The summed E-state index contributed by atoms with van der Waals surface area (Å²) in [5.41, 5.74) is 8.53. The number of nitrogens with two attached hydrogens (primary N) is 1. The van der Waals surface area contributed by atoms with E-state index in [1.807, 2.05) is 12.1 Å². The zero-order chi connectivity index (χ0) is 14.5. The maximum atomic E-state index is 6.46. The largest absolute Gasteiger partial charge is 0.380 e. The molecule has 112 valence electrons. The maximum absolute atomic E-state index is 6.46. The summed E-state index contributed by atoms with van der Waals surface area (Å²) in [6, 6.07) is 6.32. The number of anilines is 1. The van der Waals surface area contributed by atoms with Gasteiger partial charge in [-0.2, -0.15) is 0 Å². The molecule has 2 rings (SSSR count). The Kier molecular flexibility index (Phi) is 5.70. The molecule has 0 aromatic heterocycles. The molecule has 3 nitrogen and oxygen atoms in total. The lowest BCUT2D eigenvalue weighted by Crippen LogP contribution is -2.40. The van der Waals surface area contributed by atoms with E-state index >= 15 is 0 Å². The first-order chi connectivity index (χ1) is 9.65. The van der Waals surface area contributed by atoms with E-state index in [1.54, 1.807) is 7.11 Å². The Bertz CT molecular complexity index is 438. The minimum Gasteiger partial charge on any atom is -0.380 e. The third kappa shape index (κ3) is 3.66. The van der Waals surface area contributed by atoms with Crippen LogP contribution in [-0.2, 0) is 11.2 Å². The minimum atomic E-state index is 0.190. The van der Waals surface area contributed by atoms with E-state index in [2.05, 4.69) is 17.9 Å². The van der Waals surface area contributed by atoms with Gasteiger partial charge in [0.15, 0.2) is 0 Å². The molecule has 2 unspecified atom stereocenters. The highest BCUT2D eigenvalue weighted by atomic mass is 35.5. The van der Waals surface area contributed by atoms with Crippen LogP contribution in [0.2, 0.25) is 5.02 Å². The van der Waals surface area contributed by atoms with Crippen LogP contribution < -0.4 is 10.6 Å². The fraction of sp³-hybridized carbons (Fsp3) is 0.625. The molecule has 0 aliphatic carbocycles. The van der Waals surface area contributed by atoms with Crippen LogP contribution in [0, 0.1) is 0 Å². The van der Waals surface area contributed by atoms with Gasteiger partial charge in [0.1, 0.15) is 0 Å². The van der Waals surface area contributed by atoms with Crippen molar-refractivity contribution in [3.63, 3.8) is 0 Å². The Labute approximate surface area is 127 Å². The number of hydrogen-bond acceptors (Lipinski definition) is 3. The van der Waals surface area contributed by atoms with Crippen LogP contribution in [-0.4, -0.2) is 32.3 Å². The number of ether oxygens (including phenoxy) is 1. The fourth-order valence-electron chi connectivity index (χ4n) is 2.84. The Morgan fingerprint density at radius 1 is 1.50 bits per heavy atom. The maximum Gasteiger partial charge on any atom is 0.0746 e. The molecule has 1 aromatic carbocycles. The van der Waals surface area contributed by atoms with Crippen molar-refractivity contribution in [2.45, 2.75) is 44.8 Å². The van der Waals surface area contributed by atoms with Crippen molar-refractivity contribution in [2.24, 2.45) is 5.73 Å². The third-order valence-corrected chi connectivity index (χ3v) is 4.41. The summed E-state index contributed by atoms with van der Waals surface area (Å²) in [6.45, 7) is 4.07. The number of methoxy groups -OCH3 is 1. The number of nitrogens with zero attached hydrogens (tertiary/aromatic N) is 1. The highest BCUT2D eigenvalue weighted by Crippen LogP contribution is 2.33. The van der Waals surface area contributed by atoms with Gasteiger partial charge in [-0.1, -0.05) is 30.7 Å². The van der Waals surface area contributed by atoms with Gasteiger partial charge < -0.3 is 15.4 Å². The first kappa shape index (κ1) is 15.6. The van der Waals surface area contributed by atoms with Gasteiger partial charge in [0.2, 0.25) is 0 Å². The van der Waals surface area contributed by atoms with Gasteiger partial charge in [-0.3, -0.25) is 0 Å². The van der Waals surface area contributed by atoms with Crippen molar-refractivity contribution in [1.29, 1.82) is 0 Å². The van der Waals surface area contributed by atoms with Gasteiger partial charge in [0.05, 0.1) is 16.8 Å². The minimum absolute atomic E-state index is 0.190. The van der Waals surface area contributed by atoms with Crippen LogP contribution in [0.25, 0.3) is 0 Å². The van der Waals surface area contributed by atoms with Crippen molar-refractivity contribution >= 4 is 17.3 Å². The van der Waals surface area contributed by atoms with Crippen molar-refractivity contribution in [3.05, 3.63) is 28.8 Å². The predicted octanol–water partition coefficient (Wildman–Crippen LogP) is 3.24. The SMILES string of the molecule is CCC(N)Cc1cccc(Cl)c1N1CCCC(OC)C1. The molecule has 1 aliphatic rings. The lowest BCUT2D eigenvalue weighted by Gasteiger charge is -2.35. The number of hydrogen-bond donors (Lipinski definition) is 1. The monoisotopic (exact) mass is 296 g/mol. The number of para-hydroxylation sites is 1. The standard InChI is InChI=1S/C16H25ClN2O/c1-3-13(18)10-12-6-4-8-15(17)16(12)19-9-5-7-14(11-19)20-2/h4,6,8,13-14H,3,5,7,9-11,18H2,1-2H3. The van der Waals surface area contributed by atoms with E-state index < -0.39 is 0 Å². The molecule has 1 saturated heterocycles. The highest BCUT2D eigenvalue weighted by molar-refractivity contribution is 6.33. The lowest BCUT2D eigenvalue weighted by molar-refractivity contribution is 0.0893. The van der Waals surface area contributed by atoms with Crippen LogP contribution in [0.15, 0.2) is 18.2 Å². The molecule has 0 radical (unpaired) electrons. The summed E-state index contributed by atoms with van der Waals surface area (Å²) in [6.07, 6.45) is 4.42. The molecule has 20 heavy (non-hydrogen) atoms. The van der Waals surface area contributed by atoms with Crippen molar-refractivity contribution in [2.75, 3.05) is 25.1 Å². The van der Waals surface area contributed by atoms with Gasteiger partial charge >= 0.3 is 0 Å². The van der Waals surface area contributed by atoms with E-state index in [0.29, 0.717) is 6.10 Å². The number of piperidine rings is 1. The lowest BCUT2D eigenvalue weighted by atomic mass is 10.00. The van der Waals surface area contributed by atoms with Gasteiger partial charge in [0.25, 0.3) is 0 Å². The molecule has 1 aliphatic heterocycles. The van der Waals surface area contributed by atoms with Crippen LogP contribution in [0.5, 0.6) is 0 Å². The topological polar surface area (TPSA) is 38.5 Å². The van der Waals surface area contributed by atoms with Crippen LogP contribution in [0.3, 0.4) is 0 Å². The van der Waals surface area contributed by atoms with E-state index in [9.17, 15) is 0 Å². The molecule has 0 bridgehead atoms. The van der Waals surface area contributed by atoms with E-state index in [-0.39, 0.29) is 6.04 Å². The number of benzene rings is 1. The molecular formula is C16H25ClN2O. The fourth-order valence-corrected chi connectivity index (χ4v) is 3.15. The van der Waals surface area contributed by atoms with E-state index in [0.717, 1.165) is 49.5 Å². The zero-order valence-electron chi connectivity index (χ0n) is 12.4. The van der Waals surface area contributed by atoms with Gasteiger partial charge in [0, 0.05) is 26.2 Å². The summed E-state index contributed by atoms with van der Waals surface area (Å²) < 4.78 is 5.52. The Morgan fingerprint density at radius 3 is 3.00 bits per heavy atom. The van der Waals surface area contributed by atoms with Crippen molar-refractivity contribution < 1.29 is 4.74 Å². The summed E-state index contributed by atoms with van der Waals surface area (Å²) in [7, 11) is 1.79. The summed E-state index contributed by atoms with van der Waals surface area (Å²) >= 11 is 6.46. The molecule has 2 N–H and O–H groups in total. The first-order valence-electron chi connectivity index (χ1n) is 7.46. The Balaban J connectivity index is 2.24. The molecule has 4 heteroatoms. The molecule has 1 fully saturated rings. The van der Waals surface area contributed by atoms with E-state index in [4.69, 9.17) is 22.1 Å². The number of halogens is 1. The molecule has 2 atom stereocenters. The predicted molar refractivity (Wildman–Crippen MR) is 85.7 cm³/mol. The Morgan fingerprint density at radius 2 is 2.30 bits per heavy atom. The molecule has 0 spiro atoms. The second-order valence-electron chi connectivity index (χ2n) is 5.57. The third-order valence-electron chi connectivity index (χ3n) is 4.10. The molecule has 0 amide bonds. The molecular weight excluding hydrogens is 272 g/mol. The Hall–Kier alpha value is -0.770. The average molecular weight is 297 g/mol. The summed E-state index contributed by atoms with van der Waals surface area (Å²) in [5.74, 6) is 0. The summed E-state index contributed by atoms with van der Waals surface area (Å²) in [4.78, 5) is 2.36.